The van der Waals surface area contributed by atoms with Crippen LogP contribution in [0.1, 0.15) is 30.1 Å². The normalized spacial score (nSPS) is 15.4. The molecule has 0 saturated carbocycles. The number of nitrogens with one attached hydrogen (secondary N) is 3. The highest BCUT2D eigenvalue weighted by Gasteiger charge is 2.26. The van der Waals surface area contributed by atoms with Gasteiger partial charge in [0.15, 0.2) is 0 Å². The van der Waals surface area contributed by atoms with Crippen LogP contribution in [0.2, 0.25) is 0 Å². The van der Waals surface area contributed by atoms with Crippen LogP contribution in [0.25, 0.3) is 10.4 Å². The number of rotatable bonds is 6. The summed E-state index contributed by atoms with van der Waals surface area (Å²) in [6.45, 7) is 2.30. The van der Waals surface area contributed by atoms with Crippen molar-refractivity contribution in [3.8, 4) is 10.4 Å². The lowest BCUT2D eigenvalue weighted by molar-refractivity contribution is 0.0889. The van der Waals surface area contributed by atoms with Crippen LogP contribution in [0, 0.1) is 5.82 Å². The van der Waals surface area contributed by atoms with Gasteiger partial charge in [-0.2, -0.15) is 0 Å². The van der Waals surface area contributed by atoms with E-state index in [4.69, 9.17) is 10.5 Å². The summed E-state index contributed by atoms with van der Waals surface area (Å²) in [5.41, 5.74) is 5.67. The fraction of sp³-hybridized carbons (Fsp3) is 0.333. The number of hydrogen-bond acceptors (Lipinski definition) is 6. The van der Waals surface area contributed by atoms with Crippen molar-refractivity contribution in [3.63, 3.8) is 0 Å². The first-order valence-corrected chi connectivity index (χ1v) is 11.2. The molecule has 182 valence electrons. The van der Waals surface area contributed by atoms with Crippen molar-refractivity contribution < 1.29 is 33.4 Å². The van der Waals surface area contributed by atoms with Crippen molar-refractivity contribution in [1.82, 2.24) is 10.2 Å². The van der Waals surface area contributed by atoms with Crippen molar-refractivity contribution in [2.45, 2.75) is 25.8 Å². The number of amides is 5. The van der Waals surface area contributed by atoms with Crippen molar-refractivity contribution in [1.29, 1.82) is 0 Å². The Morgan fingerprint density at radius 1 is 1.26 bits per heavy atom. The Hall–Kier alpha value is -3.87. The van der Waals surface area contributed by atoms with Gasteiger partial charge in [0.25, 0.3) is 5.91 Å². The molecule has 3 rings (SSSR count). The molecule has 0 radical (unpaired) electrons. The zero-order valence-electron chi connectivity index (χ0n) is 18.2. The van der Waals surface area contributed by atoms with E-state index in [1.165, 1.54) is 29.2 Å². The molecular weight excluding hydrogens is 469 g/mol. The van der Waals surface area contributed by atoms with Gasteiger partial charge in [0, 0.05) is 24.0 Å². The van der Waals surface area contributed by atoms with Crippen LogP contribution in [-0.4, -0.2) is 59.9 Å². The third-order valence-corrected chi connectivity index (χ3v) is 6.11. The minimum Gasteiger partial charge on any atom is -0.465 e. The van der Waals surface area contributed by atoms with Crippen LogP contribution >= 0.6 is 11.3 Å². The van der Waals surface area contributed by atoms with Gasteiger partial charge in [-0.05, 0) is 43.5 Å². The zero-order chi connectivity index (χ0) is 24.8. The monoisotopic (exact) mass is 493 g/mol. The molecule has 34 heavy (non-hydrogen) atoms. The summed E-state index contributed by atoms with van der Waals surface area (Å²) in [5, 5.41) is 16.8. The predicted octanol–water partition coefficient (Wildman–Crippen LogP) is 3.49. The average molecular weight is 494 g/mol. The van der Waals surface area contributed by atoms with Gasteiger partial charge in [-0.15, -0.1) is 11.3 Å². The molecule has 1 aromatic carbocycles. The highest BCUT2D eigenvalue weighted by molar-refractivity contribution is 7.20. The molecule has 2 heterocycles. The van der Waals surface area contributed by atoms with E-state index in [9.17, 15) is 28.7 Å². The Bertz CT molecular complexity index is 1110. The fourth-order valence-electron chi connectivity index (χ4n) is 3.49. The van der Waals surface area contributed by atoms with Gasteiger partial charge < -0.3 is 25.8 Å². The Balaban J connectivity index is 1.82. The summed E-state index contributed by atoms with van der Waals surface area (Å²) < 4.78 is 19.3. The quantitative estimate of drug-likeness (QED) is 0.414. The van der Waals surface area contributed by atoms with Crippen LogP contribution < -0.4 is 21.7 Å². The second-order valence-corrected chi connectivity index (χ2v) is 8.48. The van der Waals surface area contributed by atoms with Gasteiger partial charge in [-0.25, -0.2) is 18.8 Å². The average Bonchev–Trinajstić information content (AvgIpc) is 3.18. The predicted molar refractivity (Wildman–Crippen MR) is 124 cm³/mol. The highest BCUT2D eigenvalue weighted by Crippen LogP contribution is 2.36. The number of thiophene rings is 1. The smallest absolute Gasteiger partial charge is 0.411 e. The molecule has 0 aliphatic carbocycles. The van der Waals surface area contributed by atoms with Crippen LogP contribution in [0.4, 0.5) is 29.5 Å². The number of halogens is 1. The number of carbonyl (C=O) groups excluding carboxylic acids is 3. The molecular formula is C21H24FN5O6S. The molecule has 6 N–H and O–H groups in total. The summed E-state index contributed by atoms with van der Waals surface area (Å²) in [5.74, 6) is -1.24. The Labute approximate surface area is 198 Å². The molecule has 1 saturated heterocycles. The molecule has 1 aliphatic heterocycles. The number of piperidine rings is 1. The van der Waals surface area contributed by atoms with Crippen LogP contribution in [-0.2, 0) is 4.74 Å². The number of urea groups is 1. The molecule has 2 aromatic rings. The van der Waals surface area contributed by atoms with E-state index >= 15 is 0 Å². The molecule has 0 spiro atoms. The Morgan fingerprint density at radius 3 is 2.68 bits per heavy atom. The third-order valence-electron chi connectivity index (χ3n) is 5.01. The van der Waals surface area contributed by atoms with Crippen molar-refractivity contribution >= 4 is 46.2 Å². The second-order valence-electron chi connectivity index (χ2n) is 7.42. The number of nitrogens with zero attached hydrogens (tertiary/aromatic N) is 1. The Morgan fingerprint density at radius 2 is 2.03 bits per heavy atom. The molecule has 1 aliphatic rings. The lowest BCUT2D eigenvalue weighted by Crippen LogP contribution is -2.49. The number of hydrogen-bond donors (Lipinski definition) is 5. The number of ether oxygens (including phenoxy) is 1. The molecule has 0 bridgehead atoms. The first-order valence-electron chi connectivity index (χ1n) is 10.4. The third kappa shape index (κ3) is 6.13. The molecule has 11 nitrogen and oxygen atoms in total. The van der Waals surface area contributed by atoms with Crippen LogP contribution in [0.3, 0.4) is 0 Å². The van der Waals surface area contributed by atoms with Gasteiger partial charge in [0.2, 0.25) is 0 Å². The number of anilines is 2. The highest BCUT2D eigenvalue weighted by atomic mass is 32.1. The topological polar surface area (TPSA) is 163 Å². The molecule has 5 amide bonds. The van der Waals surface area contributed by atoms with E-state index in [1.54, 1.807) is 6.92 Å². The largest absolute Gasteiger partial charge is 0.465 e. The summed E-state index contributed by atoms with van der Waals surface area (Å²) in [6, 6.07) is 4.28. The van der Waals surface area contributed by atoms with Crippen molar-refractivity contribution in [2.75, 3.05) is 30.3 Å². The number of likely N-dealkylation sites (tertiary alicyclic amines) is 1. The lowest BCUT2D eigenvalue weighted by atomic mass is 10.1. The van der Waals surface area contributed by atoms with Gasteiger partial charge >= 0.3 is 18.2 Å². The van der Waals surface area contributed by atoms with Gasteiger partial charge in [0.1, 0.15) is 10.8 Å². The number of benzene rings is 1. The summed E-state index contributed by atoms with van der Waals surface area (Å²) >= 11 is 1.02. The van der Waals surface area contributed by atoms with Crippen molar-refractivity contribution in [2.24, 2.45) is 5.73 Å². The molecule has 1 aromatic heterocycles. The van der Waals surface area contributed by atoms with E-state index in [1.807, 2.05) is 0 Å². The maximum atomic E-state index is 14.5. The lowest BCUT2D eigenvalue weighted by Gasteiger charge is -2.31. The summed E-state index contributed by atoms with van der Waals surface area (Å²) in [6.07, 6.45) is -0.646. The number of primary amides is 1. The standard InChI is InChI=1S/C21H24FN5O6S/c1-2-33-20(30)25-15-6-5-11(8-14(15)22)16-9-13(18(34-16)26-19(23)29)17(28)24-12-4-3-7-27(10-12)21(31)32/h5-6,8-9,12H,2-4,7,10H2,1H3,(H,24,28)(H,25,30)(H,31,32)(H3,23,26,29)/t12-/m0/s1. The maximum Gasteiger partial charge on any atom is 0.411 e. The molecule has 1 atom stereocenters. The molecule has 13 heteroatoms. The van der Waals surface area contributed by atoms with Gasteiger partial charge in [-0.3, -0.25) is 15.4 Å². The minimum absolute atomic E-state index is 0.0764. The Kier molecular flexibility index (Phi) is 7.89. The summed E-state index contributed by atoms with van der Waals surface area (Å²) in [4.78, 5) is 48.9. The van der Waals surface area contributed by atoms with E-state index in [0.29, 0.717) is 29.8 Å². The zero-order valence-corrected chi connectivity index (χ0v) is 19.0. The second kappa shape index (κ2) is 10.8. The van der Waals surface area contributed by atoms with Crippen molar-refractivity contribution in [3.05, 3.63) is 35.6 Å². The maximum absolute atomic E-state index is 14.5. The van der Waals surface area contributed by atoms with E-state index < -0.39 is 36.0 Å². The SMILES string of the molecule is CCOC(=O)Nc1ccc(-c2cc(C(=O)N[C@H]3CCCN(C(=O)O)C3)c(NC(N)=O)s2)cc1F. The van der Waals surface area contributed by atoms with E-state index in [-0.39, 0.29) is 29.4 Å². The van der Waals surface area contributed by atoms with Gasteiger partial charge in [0.05, 0.1) is 17.9 Å². The number of nitrogens with two attached hydrogens (primary N) is 1. The minimum atomic E-state index is -1.06. The molecule has 0 unspecified atom stereocenters. The summed E-state index contributed by atoms with van der Waals surface area (Å²) in [7, 11) is 0. The fourth-order valence-corrected chi connectivity index (χ4v) is 4.54. The van der Waals surface area contributed by atoms with Crippen LogP contribution in [0.15, 0.2) is 24.3 Å². The van der Waals surface area contributed by atoms with E-state index in [2.05, 4.69) is 16.0 Å². The first kappa shape index (κ1) is 24.8. The number of carbonyl (C=O) groups is 4. The van der Waals surface area contributed by atoms with Gasteiger partial charge in [-0.1, -0.05) is 6.07 Å². The van der Waals surface area contributed by atoms with Crippen LogP contribution in [0.5, 0.6) is 0 Å². The number of carboxylic acid groups (broad SMARTS) is 1. The first-order chi connectivity index (χ1) is 16.2. The molecule has 1 fully saturated rings. The van der Waals surface area contributed by atoms with E-state index in [0.717, 1.165) is 11.3 Å².